The van der Waals surface area contributed by atoms with Crippen molar-refractivity contribution in [1.29, 1.82) is 0 Å². The van der Waals surface area contributed by atoms with E-state index in [-0.39, 0.29) is 29.0 Å². The number of methoxy groups -OCH3 is 1. The Balaban J connectivity index is 1.51. The van der Waals surface area contributed by atoms with Gasteiger partial charge in [0.2, 0.25) is 0 Å². The van der Waals surface area contributed by atoms with Crippen LogP contribution in [-0.4, -0.2) is 63.9 Å². The molecule has 1 aliphatic heterocycles. The third-order valence-corrected chi connectivity index (χ3v) is 11.2. The van der Waals surface area contributed by atoms with Gasteiger partial charge >= 0.3 is 5.97 Å². The fraction of sp³-hybridized carbons (Fsp3) is 0.852. The summed E-state index contributed by atoms with van der Waals surface area (Å²) in [5.41, 5.74) is -2.62. The van der Waals surface area contributed by atoms with E-state index in [1.165, 1.54) is 13.0 Å². The van der Waals surface area contributed by atoms with Crippen molar-refractivity contribution in [3.8, 4) is 0 Å². The van der Waals surface area contributed by atoms with Gasteiger partial charge < -0.3 is 29.5 Å². The van der Waals surface area contributed by atoms with Crippen molar-refractivity contribution in [2.45, 2.75) is 102 Å². The fourth-order valence-electron chi connectivity index (χ4n) is 9.63. The van der Waals surface area contributed by atoms with E-state index in [9.17, 15) is 24.9 Å². The molecule has 2 bridgehead atoms. The number of hydrogen-bond donors (Lipinski definition) is 3. The van der Waals surface area contributed by atoms with E-state index in [2.05, 4.69) is 6.92 Å². The molecule has 0 aromatic carbocycles. The Kier molecular flexibility index (Phi) is 5.95. The molecule has 1 saturated heterocycles. The largest absolute Gasteiger partial charge is 0.515 e. The van der Waals surface area contributed by atoms with E-state index < -0.39 is 47.0 Å². The highest BCUT2D eigenvalue weighted by Crippen LogP contribution is 2.73. The number of ketones is 1. The molecule has 5 fully saturated rings. The zero-order valence-electron chi connectivity index (χ0n) is 21.2. The minimum absolute atomic E-state index is 0.0310. The molecule has 4 aliphatic carbocycles. The van der Waals surface area contributed by atoms with Gasteiger partial charge in [-0.3, -0.25) is 9.59 Å². The first-order chi connectivity index (χ1) is 16.5. The molecule has 11 unspecified atom stereocenters. The van der Waals surface area contributed by atoms with Gasteiger partial charge in [-0.05, 0) is 56.3 Å². The second kappa shape index (κ2) is 8.27. The standard InChI is InChI=1S/C27H40O8/c1-15(29)34-16-13-21(31)25(3)17-5-9-24(2)19-7-11-27(24,18(17)6-10-26(25,32)14-16)35-23(33-4)22(19)20(30)8-12-28/h8,12,16-19,21-23,28,31-32H,5-7,9-11,13-14H2,1-4H3. The summed E-state index contributed by atoms with van der Waals surface area (Å²) in [6.45, 7) is 5.62. The average molecular weight is 493 g/mol. The maximum absolute atomic E-state index is 13.0. The highest BCUT2D eigenvalue weighted by molar-refractivity contribution is 5.92. The number of rotatable bonds is 4. The highest BCUT2D eigenvalue weighted by atomic mass is 16.7. The summed E-state index contributed by atoms with van der Waals surface area (Å²) in [7, 11) is 1.56. The van der Waals surface area contributed by atoms with Crippen molar-refractivity contribution in [2.24, 2.45) is 34.5 Å². The molecular formula is C27H40O8. The summed E-state index contributed by atoms with van der Waals surface area (Å²) < 4.78 is 18.0. The number of esters is 1. The van der Waals surface area contributed by atoms with Crippen LogP contribution in [-0.2, 0) is 23.8 Å². The van der Waals surface area contributed by atoms with Crippen LogP contribution in [0, 0.1) is 34.5 Å². The predicted octanol–water partition coefficient (Wildman–Crippen LogP) is 3.05. The number of aliphatic hydroxyl groups excluding tert-OH is 2. The molecule has 0 aromatic heterocycles. The van der Waals surface area contributed by atoms with Crippen LogP contribution in [0.1, 0.15) is 72.1 Å². The van der Waals surface area contributed by atoms with Crippen LogP contribution in [0.5, 0.6) is 0 Å². The molecule has 196 valence electrons. The molecule has 5 rings (SSSR count). The van der Waals surface area contributed by atoms with Gasteiger partial charge in [-0.15, -0.1) is 0 Å². The number of hydrogen-bond acceptors (Lipinski definition) is 8. The van der Waals surface area contributed by atoms with Crippen LogP contribution in [0.2, 0.25) is 0 Å². The Morgan fingerprint density at radius 3 is 2.40 bits per heavy atom. The van der Waals surface area contributed by atoms with Crippen molar-refractivity contribution >= 4 is 11.8 Å². The number of fused-ring (bicyclic) bond motifs is 3. The normalized spacial score (nSPS) is 52.9. The molecule has 0 spiro atoms. The van der Waals surface area contributed by atoms with Gasteiger partial charge in [-0.1, -0.05) is 13.8 Å². The molecule has 3 N–H and O–H groups in total. The first-order valence-electron chi connectivity index (χ1n) is 13.1. The summed E-state index contributed by atoms with van der Waals surface area (Å²) >= 11 is 0. The minimum Gasteiger partial charge on any atom is -0.515 e. The van der Waals surface area contributed by atoms with E-state index in [0.29, 0.717) is 19.3 Å². The molecule has 1 heterocycles. The lowest BCUT2D eigenvalue weighted by Gasteiger charge is -2.69. The lowest BCUT2D eigenvalue weighted by Crippen LogP contribution is -2.73. The van der Waals surface area contributed by atoms with Crippen molar-refractivity contribution in [3.63, 3.8) is 0 Å². The molecule has 8 heteroatoms. The molecule has 11 atom stereocenters. The Hall–Kier alpha value is -1.48. The van der Waals surface area contributed by atoms with E-state index in [0.717, 1.165) is 38.4 Å². The second-order valence-corrected chi connectivity index (χ2v) is 12.2. The predicted molar refractivity (Wildman–Crippen MR) is 125 cm³/mol. The zero-order chi connectivity index (χ0) is 25.4. The van der Waals surface area contributed by atoms with Gasteiger partial charge in [0, 0.05) is 43.8 Å². The first-order valence-corrected chi connectivity index (χ1v) is 13.1. The van der Waals surface area contributed by atoms with Gasteiger partial charge in [0.05, 0.1) is 29.5 Å². The molecule has 0 radical (unpaired) electrons. The monoisotopic (exact) mass is 492 g/mol. The third kappa shape index (κ3) is 3.19. The van der Waals surface area contributed by atoms with E-state index in [4.69, 9.17) is 14.2 Å². The Bertz CT molecular complexity index is 919. The summed E-state index contributed by atoms with van der Waals surface area (Å²) in [5, 5.41) is 32.6. The van der Waals surface area contributed by atoms with E-state index >= 15 is 0 Å². The Labute approximate surface area is 207 Å². The van der Waals surface area contributed by atoms with E-state index in [1.807, 2.05) is 6.92 Å². The van der Waals surface area contributed by atoms with Crippen LogP contribution in [0.3, 0.4) is 0 Å². The Morgan fingerprint density at radius 1 is 1.06 bits per heavy atom. The number of aliphatic hydroxyl groups is 3. The van der Waals surface area contributed by atoms with Gasteiger partial charge in [0.25, 0.3) is 0 Å². The maximum atomic E-state index is 13.0. The minimum atomic E-state index is -1.13. The molecule has 0 amide bonds. The summed E-state index contributed by atoms with van der Waals surface area (Å²) in [6, 6.07) is 0. The average Bonchev–Trinajstić information content (AvgIpc) is 2.96. The Morgan fingerprint density at radius 2 is 1.74 bits per heavy atom. The molecular weight excluding hydrogens is 452 g/mol. The van der Waals surface area contributed by atoms with Gasteiger partial charge in [-0.25, -0.2) is 0 Å². The van der Waals surface area contributed by atoms with Crippen LogP contribution >= 0.6 is 0 Å². The second-order valence-electron chi connectivity index (χ2n) is 12.2. The molecule has 8 nitrogen and oxygen atoms in total. The molecule has 0 aromatic rings. The summed E-state index contributed by atoms with van der Waals surface area (Å²) in [6.07, 6.45) is 5.20. The quantitative estimate of drug-likeness (QED) is 0.311. The van der Waals surface area contributed by atoms with Crippen molar-refractivity contribution < 1.29 is 39.1 Å². The van der Waals surface area contributed by atoms with Crippen LogP contribution < -0.4 is 0 Å². The number of ether oxygens (including phenoxy) is 3. The van der Waals surface area contributed by atoms with Crippen molar-refractivity contribution in [2.75, 3.05) is 7.11 Å². The lowest BCUT2D eigenvalue weighted by molar-refractivity contribution is -0.347. The number of carbonyl (C=O) groups is 2. The van der Waals surface area contributed by atoms with Crippen LogP contribution in [0.15, 0.2) is 12.3 Å². The smallest absolute Gasteiger partial charge is 0.302 e. The van der Waals surface area contributed by atoms with Gasteiger partial charge in [0.15, 0.2) is 12.1 Å². The fourth-order valence-corrected chi connectivity index (χ4v) is 9.63. The number of allylic oxidation sites excluding steroid dienone is 1. The van der Waals surface area contributed by atoms with Gasteiger partial charge in [-0.2, -0.15) is 0 Å². The summed E-state index contributed by atoms with van der Waals surface area (Å²) in [5.74, 6) is -0.825. The van der Waals surface area contributed by atoms with E-state index in [1.54, 1.807) is 7.11 Å². The van der Waals surface area contributed by atoms with Crippen LogP contribution in [0.4, 0.5) is 0 Å². The summed E-state index contributed by atoms with van der Waals surface area (Å²) in [4.78, 5) is 24.6. The molecule has 35 heavy (non-hydrogen) atoms. The SMILES string of the molecule is COC1OC23CCC(C1C(=O)C=CO)C2(C)CCC1C3CCC2(O)CC(OC(C)=O)CC(O)C12C. The highest BCUT2D eigenvalue weighted by Gasteiger charge is 2.75. The zero-order valence-corrected chi connectivity index (χ0v) is 21.2. The third-order valence-electron chi connectivity index (χ3n) is 11.2. The maximum Gasteiger partial charge on any atom is 0.302 e. The number of carbonyl (C=O) groups excluding carboxylic acids is 2. The first kappa shape index (κ1) is 25.2. The lowest BCUT2D eigenvalue weighted by atomic mass is 9.40. The molecule has 5 aliphatic rings. The van der Waals surface area contributed by atoms with Gasteiger partial charge in [0.1, 0.15) is 6.10 Å². The van der Waals surface area contributed by atoms with Crippen molar-refractivity contribution in [1.82, 2.24) is 0 Å². The topological polar surface area (TPSA) is 123 Å². The van der Waals surface area contributed by atoms with Crippen molar-refractivity contribution in [3.05, 3.63) is 12.3 Å². The van der Waals surface area contributed by atoms with Crippen LogP contribution in [0.25, 0.3) is 0 Å². The molecule has 4 saturated carbocycles.